The Bertz CT molecular complexity index is 1460. The van der Waals surface area contributed by atoms with Gasteiger partial charge < -0.3 is 25.7 Å². The highest BCUT2D eigenvalue weighted by Gasteiger charge is 2.27. The van der Waals surface area contributed by atoms with Crippen LogP contribution in [0.1, 0.15) is 39.6 Å². The number of carbonyl (C=O) groups excluding carboxylic acids is 1. The number of halogens is 2. The first-order valence-electron chi connectivity index (χ1n) is 11.4. The van der Waals surface area contributed by atoms with Crippen LogP contribution in [0.15, 0.2) is 81.0 Å². The van der Waals surface area contributed by atoms with E-state index in [2.05, 4.69) is 42.0 Å². The Morgan fingerprint density at radius 3 is 2.71 bits per heavy atom. The van der Waals surface area contributed by atoms with Crippen LogP contribution in [-0.2, 0) is 0 Å². The van der Waals surface area contributed by atoms with E-state index >= 15 is 0 Å². The molecule has 0 aliphatic carbocycles. The predicted molar refractivity (Wildman–Crippen MR) is 140 cm³/mol. The van der Waals surface area contributed by atoms with Crippen molar-refractivity contribution in [3.8, 4) is 11.5 Å². The minimum absolute atomic E-state index is 0.0779. The summed E-state index contributed by atoms with van der Waals surface area (Å²) in [6, 6.07) is 17.7. The highest BCUT2D eigenvalue weighted by Crippen LogP contribution is 2.31. The van der Waals surface area contributed by atoms with Gasteiger partial charge in [-0.15, -0.1) is 0 Å². The second-order valence-electron chi connectivity index (χ2n) is 8.09. The molecule has 0 fully saturated rings. The molecular weight excluding hydrogens is 561 g/mol. The monoisotopic (exact) mass is 583 g/mol. The average Bonchev–Trinajstić information content (AvgIpc) is 3.41. The maximum atomic E-state index is 13.7. The number of amides is 1. The molecule has 4 N–H and O–H groups in total. The SMILES string of the molecule is COc1cccc(C(CCNC(=O)c2ccccc2O)c2nonc2C(=NO)Nc2ccc(F)c(Br)c2)c1. The van der Waals surface area contributed by atoms with E-state index in [0.29, 0.717) is 23.6 Å². The van der Waals surface area contributed by atoms with Gasteiger partial charge in [0.1, 0.15) is 23.0 Å². The normalized spacial score (nSPS) is 12.1. The van der Waals surface area contributed by atoms with Crippen LogP contribution in [0, 0.1) is 5.82 Å². The number of hydrogen-bond acceptors (Lipinski definition) is 8. The van der Waals surface area contributed by atoms with Crippen LogP contribution in [-0.4, -0.2) is 46.0 Å². The van der Waals surface area contributed by atoms with Crippen LogP contribution >= 0.6 is 15.9 Å². The number of amidine groups is 1. The van der Waals surface area contributed by atoms with Crippen molar-refractivity contribution in [1.82, 2.24) is 15.6 Å². The summed E-state index contributed by atoms with van der Waals surface area (Å²) in [7, 11) is 1.55. The number of rotatable bonds is 9. The van der Waals surface area contributed by atoms with Crippen molar-refractivity contribution in [2.45, 2.75) is 12.3 Å². The number of nitrogens with one attached hydrogen (secondary N) is 2. The molecule has 1 amide bonds. The van der Waals surface area contributed by atoms with Gasteiger partial charge in [0.05, 0.1) is 17.1 Å². The molecule has 10 nitrogen and oxygen atoms in total. The quantitative estimate of drug-likeness (QED) is 0.0944. The summed E-state index contributed by atoms with van der Waals surface area (Å²) in [4.78, 5) is 12.6. The summed E-state index contributed by atoms with van der Waals surface area (Å²) in [5.41, 5.74) is 1.80. The molecule has 0 aliphatic rings. The smallest absolute Gasteiger partial charge is 0.255 e. The first-order valence-corrected chi connectivity index (χ1v) is 12.2. The van der Waals surface area contributed by atoms with Crippen molar-refractivity contribution >= 4 is 33.4 Å². The molecule has 0 saturated heterocycles. The zero-order valence-electron chi connectivity index (χ0n) is 20.1. The molecular formula is C26H23BrFN5O5. The van der Waals surface area contributed by atoms with Gasteiger partial charge in [0.25, 0.3) is 5.91 Å². The van der Waals surface area contributed by atoms with E-state index in [-0.39, 0.29) is 33.9 Å². The van der Waals surface area contributed by atoms with Crippen molar-refractivity contribution in [2.75, 3.05) is 19.0 Å². The van der Waals surface area contributed by atoms with Gasteiger partial charge in [-0.05, 0) is 75.5 Å². The lowest BCUT2D eigenvalue weighted by atomic mass is 9.90. The lowest BCUT2D eigenvalue weighted by Crippen LogP contribution is -2.26. The molecule has 0 radical (unpaired) electrons. The fourth-order valence-corrected chi connectivity index (χ4v) is 4.22. The maximum Gasteiger partial charge on any atom is 0.255 e. The van der Waals surface area contributed by atoms with E-state index in [1.807, 2.05) is 18.2 Å². The van der Waals surface area contributed by atoms with Crippen LogP contribution in [0.5, 0.6) is 11.5 Å². The number of phenolic OH excluding ortho intramolecular Hbond substituents is 1. The van der Waals surface area contributed by atoms with Crippen molar-refractivity contribution < 1.29 is 28.9 Å². The van der Waals surface area contributed by atoms with Gasteiger partial charge in [0.15, 0.2) is 5.69 Å². The van der Waals surface area contributed by atoms with Crippen LogP contribution in [0.2, 0.25) is 0 Å². The lowest BCUT2D eigenvalue weighted by molar-refractivity contribution is 0.0950. The highest BCUT2D eigenvalue weighted by molar-refractivity contribution is 9.10. The number of aromatic hydroxyl groups is 1. The van der Waals surface area contributed by atoms with Gasteiger partial charge in [0, 0.05) is 18.2 Å². The number of oxime groups is 1. The van der Waals surface area contributed by atoms with Gasteiger partial charge in [-0.1, -0.05) is 34.6 Å². The third-order valence-corrected chi connectivity index (χ3v) is 6.32. The number of hydrogen-bond donors (Lipinski definition) is 4. The lowest BCUT2D eigenvalue weighted by Gasteiger charge is -2.18. The van der Waals surface area contributed by atoms with Crippen molar-refractivity contribution in [1.29, 1.82) is 0 Å². The fourth-order valence-electron chi connectivity index (χ4n) is 3.84. The van der Waals surface area contributed by atoms with Gasteiger partial charge in [-0.3, -0.25) is 4.79 Å². The second kappa shape index (κ2) is 12.2. The van der Waals surface area contributed by atoms with Crippen LogP contribution in [0.4, 0.5) is 10.1 Å². The first-order chi connectivity index (χ1) is 18.4. The molecule has 1 unspecified atom stereocenters. The Kier molecular flexibility index (Phi) is 8.54. The molecule has 3 aromatic carbocycles. The van der Waals surface area contributed by atoms with Gasteiger partial charge in [-0.2, -0.15) is 0 Å². The molecule has 4 rings (SSSR count). The summed E-state index contributed by atoms with van der Waals surface area (Å²) >= 11 is 3.12. The summed E-state index contributed by atoms with van der Waals surface area (Å²) in [6.07, 6.45) is 0.342. The largest absolute Gasteiger partial charge is 0.507 e. The molecule has 1 atom stereocenters. The first kappa shape index (κ1) is 26.6. The van der Waals surface area contributed by atoms with Crippen LogP contribution in [0.3, 0.4) is 0 Å². The number of benzene rings is 3. The molecule has 0 saturated carbocycles. The third-order valence-electron chi connectivity index (χ3n) is 5.71. The molecule has 38 heavy (non-hydrogen) atoms. The zero-order chi connectivity index (χ0) is 27.1. The van der Waals surface area contributed by atoms with E-state index in [9.17, 15) is 19.5 Å². The van der Waals surface area contributed by atoms with Crippen LogP contribution < -0.4 is 15.4 Å². The summed E-state index contributed by atoms with van der Waals surface area (Å²) in [5.74, 6) is -0.966. The maximum absolute atomic E-state index is 13.7. The van der Waals surface area contributed by atoms with E-state index < -0.39 is 17.6 Å². The number of phenols is 1. The predicted octanol–water partition coefficient (Wildman–Crippen LogP) is 4.89. The number of para-hydroxylation sites is 1. The molecule has 1 aromatic heterocycles. The molecule has 196 valence electrons. The standard InChI is InChI=1S/C26H23BrFN5O5/c1-37-17-6-4-5-15(13-17)18(11-12-29-26(35)19-7-2-3-8-22(19)34)23-24(33-38-32-23)25(31-36)30-16-9-10-21(28)20(27)14-16/h2-10,13-14,18,34,36H,11-12H2,1H3,(H,29,35)(H,30,31). The number of aromatic nitrogens is 2. The Balaban J connectivity index is 1.62. The number of nitrogens with zero attached hydrogens (tertiary/aromatic N) is 3. The third kappa shape index (κ3) is 6.09. The number of ether oxygens (including phenoxy) is 1. The molecule has 0 spiro atoms. The summed E-state index contributed by atoms with van der Waals surface area (Å²) < 4.78 is 24.3. The Hall–Kier alpha value is -4.45. The molecule has 0 aliphatic heterocycles. The summed E-state index contributed by atoms with van der Waals surface area (Å²) in [5, 5.41) is 36.8. The van der Waals surface area contributed by atoms with Gasteiger partial charge in [0.2, 0.25) is 5.84 Å². The number of anilines is 1. The molecule has 0 bridgehead atoms. The van der Waals surface area contributed by atoms with E-state index in [1.165, 1.54) is 30.3 Å². The fraction of sp³-hybridized carbons (Fsp3) is 0.154. The zero-order valence-corrected chi connectivity index (χ0v) is 21.6. The van der Waals surface area contributed by atoms with Crippen LogP contribution in [0.25, 0.3) is 0 Å². The summed E-state index contributed by atoms with van der Waals surface area (Å²) in [6.45, 7) is 0.200. The minimum Gasteiger partial charge on any atom is -0.507 e. The minimum atomic E-state index is -0.477. The Morgan fingerprint density at radius 1 is 1.16 bits per heavy atom. The van der Waals surface area contributed by atoms with E-state index in [4.69, 9.17) is 9.37 Å². The molecule has 4 aromatic rings. The van der Waals surface area contributed by atoms with E-state index in [1.54, 1.807) is 25.3 Å². The molecule has 12 heteroatoms. The highest BCUT2D eigenvalue weighted by atomic mass is 79.9. The topological polar surface area (TPSA) is 142 Å². The van der Waals surface area contributed by atoms with E-state index in [0.717, 1.165) is 5.56 Å². The Labute approximate surface area is 225 Å². The van der Waals surface area contributed by atoms with Crippen molar-refractivity contribution in [2.24, 2.45) is 5.16 Å². The van der Waals surface area contributed by atoms with Crippen molar-refractivity contribution in [3.05, 3.63) is 99.5 Å². The second-order valence-corrected chi connectivity index (χ2v) is 8.95. The van der Waals surface area contributed by atoms with Gasteiger partial charge in [-0.25, -0.2) is 9.02 Å². The van der Waals surface area contributed by atoms with Gasteiger partial charge >= 0.3 is 0 Å². The Morgan fingerprint density at radius 2 is 1.97 bits per heavy atom. The molecule has 1 heterocycles. The average molecular weight is 584 g/mol. The van der Waals surface area contributed by atoms with Crippen molar-refractivity contribution in [3.63, 3.8) is 0 Å². The number of methoxy groups -OCH3 is 1. The number of carbonyl (C=O) groups is 1.